The minimum atomic E-state index is -0.851. The average molecular weight is 280 g/mol. The van der Waals surface area contributed by atoms with Gasteiger partial charge in [0.05, 0.1) is 17.7 Å². The molecule has 0 saturated heterocycles. The molecular formula is C17H16N2O2. The van der Waals surface area contributed by atoms with E-state index in [0.29, 0.717) is 12.1 Å². The van der Waals surface area contributed by atoms with Gasteiger partial charge in [0.1, 0.15) is 6.07 Å². The first kappa shape index (κ1) is 14.6. The smallest absolute Gasteiger partial charge is 0.307 e. The number of carbonyl (C=O) groups is 1. The Kier molecular flexibility index (Phi) is 4.57. The van der Waals surface area contributed by atoms with Gasteiger partial charge in [0.15, 0.2) is 0 Å². The van der Waals surface area contributed by atoms with Crippen LogP contribution < -0.4 is 5.32 Å². The number of carboxylic acids is 1. The summed E-state index contributed by atoms with van der Waals surface area (Å²) in [5.74, 6) is -0.851. The Bertz CT molecular complexity index is 702. The van der Waals surface area contributed by atoms with Crippen LogP contribution in [0.5, 0.6) is 0 Å². The van der Waals surface area contributed by atoms with Crippen LogP contribution in [0.3, 0.4) is 0 Å². The predicted octanol–water partition coefficient (Wildman–Crippen LogP) is 3.11. The van der Waals surface area contributed by atoms with Gasteiger partial charge in [0.25, 0.3) is 0 Å². The molecule has 0 unspecified atom stereocenters. The van der Waals surface area contributed by atoms with Gasteiger partial charge in [-0.3, -0.25) is 4.79 Å². The molecule has 0 atom stereocenters. The van der Waals surface area contributed by atoms with Crippen molar-refractivity contribution in [1.82, 2.24) is 0 Å². The van der Waals surface area contributed by atoms with E-state index in [1.807, 2.05) is 43.3 Å². The fourth-order valence-electron chi connectivity index (χ4n) is 2.16. The maximum atomic E-state index is 10.9. The molecule has 0 aliphatic carbocycles. The van der Waals surface area contributed by atoms with E-state index in [9.17, 15) is 4.79 Å². The monoisotopic (exact) mass is 280 g/mol. The standard InChI is InChI=1S/C17H16N2O2/c1-12-6-7-14(10-18)16(8-12)19-11-15-5-3-2-4-13(15)9-17(20)21/h2-8,19H,9,11H2,1H3,(H,20,21). The fraction of sp³-hybridized carbons (Fsp3) is 0.176. The Morgan fingerprint density at radius 3 is 2.62 bits per heavy atom. The van der Waals surface area contributed by atoms with E-state index < -0.39 is 5.97 Å². The number of anilines is 1. The number of nitriles is 1. The highest BCUT2D eigenvalue weighted by Gasteiger charge is 2.07. The summed E-state index contributed by atoms with van der Waals surface area (Å²) in [4.78, 5) is 10.9. The number of nitrogens with one attached hydrogen (secondary N) is 1. The van der Waals surface area contributed by atoms with Crippen LogP contribution in [-0.2, 0) is 17.8 Å². The summed E-state index contributed by atoms with van der Waals surface area (Å²) < 4.78 is 0. The Morgan fingerprint density at radius 1 is 1.24 bits per heavy atom. The number of aliphatic carboxylic acids is 1. The number of rotatable bonds is 5. The van der Waals surface area contributed by atoms with Gasteiger partial charge in [-0.15, -0.1) is 0 Å². The van der Waals surface area contributed by atoms with E-state index in [1.54, 1.807) is 6.07 Å². The molecular weight excluding hydrogens is 264 g/mol. The largest absolute Gasteiger partial charge is 0.481 e. The molecule has 0 spiro atoms. The molecule has 106 valence electrons. The summed E-state index contributed by atoms with van der Waals surface area (Å²) in [6.45, 7) is 2.45. The second-order valence-electron chi connectivity index (χ2n) is 4.85. The lowest BCUT2D eigenvalue weighted by Gasteiger charge is -2.12. The zero-order chi connectivity index (χ0) is 15.2. The molecule has 0 aliphatic rings. The van der Waals surface area contributed by atoms with Crippen molar-refractivity contribution in [1.29, 1.82) is 5.26 Å². The number of hydrogen-bond donors (Lipinski definition) is 2. The number of nitrogens with zero attached hydrogens (tertiary/aromatic N) is 1. The van der Waals surface area contributed by atoms with Gasteiger partial charge >= 0.3 is 5.97 Å². The molecule has 0 aliphatic heterocycles. The first-order chi connectivity index (χ1) is 10.1. The van der Waals surface area contributed by atoms with Crippen LogP contribution in [0.4, 0.5) is 5.69 Å². The van der Waals surface area contributed by atoms with Gasteiger partial charge in [0.2, 0.25) is 0 Å². The van der Waals surface area contributed by atoms with E-state index in [-0.39, 0.29) is 6.42 Å². The minimum absolute atomic E-state index is 0.00320. The van der Waals surface area contributed by atoms with Crippen molar-refractivity contribution in [2.45, 2.75) is 19.9 Å². The van der Waals surface area contributed by atoms with Gasteiger partial charge in [-0.1, -0.05) is 30.3 Å². The Hall–Kier alpha value is -2.80. The Balaban J connectivity index is 2.19. The number of aryl methyl sites for hydroxylation is 1. The topological polar surface area (TPSA) is 73.1 Å². The highest BCUT2D eigenvalue weighted by molar-refractivity contribution is 5.70. The molecule has 2 aromatic rings. The summed E-state index contributed by atoms with van der Waals surface area (Å²) in [5.41, 5.74) is 4.11. The lowest BCUT2D eigenvalue weighted by Crippen LogP contribution is -2.08. The molecule has 2 N–H and O–H groups in total. The van der Waals surface area contributed by atoms with Crippen LogP contribution in [-0.4, -0.2) is 11.1 Å². The highest BCUT2D eigenvalue weighted by atomic mass is 16.4. The van der Waals surface area contributed by atoms with Crippen LogP contribution in [0.2, 0.25) is 0 Å². The fourth-order valence-corrected chi connectivity index (χ4v) is 2.16. The second-order valence-corrected chi connectivity index (χ2v) is 4.85. The lowest BCUT2D eigenvalue weighted by molar-refractivity contribution is -0.136. The summed E-state index contributed by atoms with van der Waals surface area (Å²) in [5, 5.41) is 21.3. The van der Waals surface area contributed by atoms with E-state index in [4.69, 9.17) is 10.4 Å². The van der Waals surface area contributed by atoms with Gasteiger partial charge < -0.3 is 10.4 Å². The zero-order valence-electron chi connectivity index (χ0n) is 11.8. The van der Waals surface area contributed by atoms with E-state index in [2.05, 4.69) is 11.4 Å². The Labute approximate surface area is 123 Å². The molecule has 4 nitrogen and oxygen atoms in total. The molecule has 2 aromatic carbocycles. The number of carboxylic acid groups (broad SMARTS) is 1. The van der Waals surface area contributed by atoms with Crippen LogP contribution in [0, 0.1) is 18.3 Å². The third kappa shape index (κ3) is 3.83. The first-order valence-corrected chi connectivity index (χ1v) is 6.63. The van der Waals surface area contributed by atoms with E-state index in [0.717, 1.165) is 22.4 Å². The maximum absolute atomic E-state index is 10.9. The molecule has 2 rings (SSSR count). The summed E-state index contributed by atoms with van der Waals surface area (Å²) in [6.07, 6.45) is -0.00320. The number of hydrogen-bond acceptors (Lipinski definition) is 3. The van der Waals surface area contributed by atoms with Crippen molar-refractivity contribution < 1.29 is 9.90 Å². The molecule has 4 heteroatoms. The minimum Gasteiger partial charge on any atom is -0.481 e. The van der Waals surface area contributed by atoms with E-state index >= 15 is 0 Å². The van der Waals surface area contributed by atoms with Crippen molar-refractivity contribution in [2.24, 2.45) is 0 Å². The average Bonchev–Trinajstić information content (AvgIpc) is 2.46. The highest BCUT2D eigenvalue weighted by Crippen LogP contribution is 2.19. The molecule has 0 amide bonds. The lowest BCUT2D eigenvalue weighted by atomic mass is 10.0. The van der Waals surface area contributed by atoms with Crippen molar-refractivity contribution in [3.63, 3.8) is 0 Å². The molecule has 0 aromatic heterocycles. The Morgan fingerprint density at radius 2 is 1.95 bits per heavy atom. The quantitative estimate of drug-likeness (QED) is 0.882. The van der Waals surface area contributed by atoms with Crippen LogP contribution >= 0.6 is 0 Å². The molecule has 21 heavy (non-hydrogen) atoms. The molecule has 0 heterocycles. The van der Waals surface area contributed by atoms with Gasteiger partial charge in [-0.25, -0.2) is 0 Å². The normalized spacial score (nSPS) is 9.90. The summed E-state index contributed by atoms with van der Waals surface area (Å²) in [7, 11) is 0. The van der Waals surface area contributed by atoms with Gasteiger partial charge in [-0.2, -0.15) is 5.26 Å². The summed E-state index contributed by atoms with van der Waals surface area (Å²) >= 11 is 0. The SMILES string of the molecule is Cc1ccc(C#N)c(NCc2ccccc2CC(=O)O)c1. The third-order valence-corrected chi connectivity index (χ3v) is 3.22. The van der Waals surface area contributed by atoms with Crippen molar-refractivity contribution in [3.8, 4) is 6.07 Å². The third-order valence-electron chi connectivity index (χ3n) is 3.22. The zero-order valence-corrected chi connectivity index (χ0v) is 11.8. The first-order valence-electron chi connectivity index (χ1n) is 6.63. The van der Waals surface area contributed by atoms with Crippen LogP contribution in [0.1, 0.15) is 22.3 Å². The molecule has 0 fully saturated rings. The number of benzene rings is 2. The summed E-state index contributed by atoms with van der Waals surface area (Å²) in [6, 6.07) is 15.1. The van der Waals surface area contributed by atoms with Crippen molar-refractivity contribution >= 4 is 11.7 Å². The second kappa shape index (κ2) is 6.58. The van der Waals surface area contributed by atoms with Crippen LogP contribution in [0.25, 0.3) is 0 Å². The van der Waals surface area contributed by atoms with Crippen molar-refractivity contribution in [3.05, 3.63) is 64.7 Å². The van der Waals surface area contributed by atoms with Gasteiger partial charge in [0, 0.05) is 6.54 Å². The van der Waals surface area contributed by atoms with Gasteiger partial charge in [-0.05, 0) is 35.7 Å². The van der Waals surface area contributed by atoms with Crippen LogP contribution in [0.15, 0.2) is 42.5 Å². The van der Waals surface area contributed by atoms with E-state index in [1.165, 1.54) is 0 Å². The predicted molar refractivity (Wildman–Crippen MR) is 81.0 cm³/mol. The van der Waals surface area contributed by atoms with Crippen molar-refractivity contribution in [2.75, 3.05) is 5.32 Å². The molecule has 0 bridgehead atoms. The molecule has 0 radical (unpaired) electrons. The molecule has 0 saturated carbocycles. The maximum Gasteiger partial charge on any atom is 0.307 e.